The van der Waals surface area contributed by atoms with Crippen molar-refractivity contribution in [3.05, 3.63) is 69.8 Å². The molecule has 1 aliphatic rings. The van der Waals surface area contributed by atoms with Crippen molar-refractivity contribution in [1.82, 2.24) is 0 Å². The first kappa shape index (κ1) is 18.0. The summed E-state index contributed by atoms with van der Waals surface area (Å²) in [5, 5.41) is 0. The molecule has 0 radical (unpaired) electrons. The van der Waals surface area contributed by atoms with Crippen molar-refractivity contribution >= 4 is 12.2 Å². The summed E-state index contributed by atoms with van der Waals surface area (Å²) in [4.78, 5) is 0. The van der Waals surface area contributed by atoms with Gasteiger partial charge in [0, 0.05) is 0 Å². The van der Waals surface area contributed by atoms with E-state index in [1.807, 2.05) is 0 Å². The summed E-state index contributed by atoms with van der Waals surface area (Å²) in [6.45, 7) is 9.01. The standard InChI is InChI=1S/C25H32/c1-18-5-8-23(9-6-18)17-24-12-10-22(11-13-24)14-16-25-15-7-19(2)20(3)21(25)4/h7,10-16,18,23H,5-6,8-9,17H2,1-4H3. The van der Waals surface area contributed by atoms with Crippen LogP contribution in [0.25, 0.3) is 12.2 Å². The minimum Gasteiger partial charge on any atom is -0.0625 e. The fraction of sp³-hybridized carbons (Fsp3) is 0.440. The minimum atomic E-state index is 0.899. The second-order valence-electron chi connectivity index (χ2n) is 8.13. The van der Waals surface area contributed by atoms with E-state index < -0.39 is 0 Å². The fourth-order valence-electron chi connectivity index (χ4n) is 3.98. The fourth-order valence-corrected chi connectivity index (χ4v) is 3.98. The minimum absolute atomic E-state index is 0.899. The zero-order chi connectivity index (χ0) is 17.8. The molecule has 1 aliphatic carbocycles. The quantitative estimate of drug-likeness (QED) is 0.521. The lowest BCUT2D eigenvalue weighted by Crippen LogP contribution is -2.14. The van der Waals surface area contributed by atoms with Crippen molar-refractivity contribution in [2.45, 2.75) is 59.8 Å². The van der Waals surface area contributed by atoms with Gasteiger partial charge >= 0.3 is 0 Å². The normalized spacial score (nSPS) is 21.0. The summed E-state index contributed by atoms with van der Waals surface area (Å²) in [6, 6.07) is 13.6. The molecular weight excluding hydrogens is 300 g/mol. The maximum Gasteiger partial charge on any atom is -0.0224 e. The highest BCUT2D eigenvalue weighted by Crippen LogP contribution is 2.30. The Hall–Kier alpha value is -1.82. The first-order valence-corrected chi connectivity index (χ1v) is 9.86. The topological polar surface area (TPSA) is 0 Å². The molecule has 0 aliphatic heterocycles. The molecule has 0 spiro atoms. The number of hydrogen-bond acceptors (Lipinski definition) is 0. The van der Waals surface area contributed by atoms with E-state index in [-0.39, 0.29) is 0 Å². The molecule has 0 heteroatoms. The lowest BCUT2D eigenvalue weighted by Gasteiger charge is -2.26. The molecule has 3 rings (SSSR count). The van der Waals surface area contributed by atoms with E-state index in [1.54, 1.807) is 0 Å². The molecule has 0 amide bonds. The van der Waals surface area contributed by atoms with Gasteiger partial charge in [0.15, 0.2) is 0 Å². The molecule has 132 valence electrons. The van der Waals surface area contributed by atoms with Crippen molar-refractivity contribution in [3.8, 4) is 0 Å². The molecular formula is C25H32. The van der Waals surface area contributed by atoms with E-state index >= 15 is 0 Å². The zero-order valence-corrected chi connectivity index (χ0v) is 16.3. The van der Waals surface area contributed by atoms with Gasteiger partial charge in [0.1, 0.15) is 0 Å². The van der Waals surface area contributed by atoms with Crippen LogP contribution in [0.15, 0.2) is 36.4 Å². The van der Waals surface area contributed by atoms with Crippen LogP contribution in [0, 0.1) is 32.6 Å². The summed E-state index contributed by atoms with van der Waals surface area (Å²) in [6.07, 6.45) is 11.4. The summed E-state index contributed by atoms with van der Waals surface area (Å²) < 4.78 is 0. The Bertz CT molecular complexity index is 725. The van der Waals surface area contributed by atoms with Gasteiger partial charge in [0.2, 0.25) is 0 Å². The Morgan fingerprint density at radius 2 is 1.48 bits per heavy atom. The van der Waals surface area contributed by atoms with E-state index in [4.69, 9.17) is 0 Å². The van der Waals surface area contributed by atoms with E-state index in [0.29, 0.717) is 0 Å². The molecule has 1 fully saturated rings. The van der Waals surface area contributed by atoms with Crippen LogP contribution < -0.4 is 0 Å². The second-order valence-corrected chi connectivity index (χ2v) is 8.13. The molecule has 2 aromatic rings. The smallest absolute Gasteiger partial charge is 0.0224 e. The predicted molar refractivity (Wildman–Crippen MR) is 111 cm³/mol. The Kier molecular flexibility index (Phi) is 5.78. The average Bonchev–Trinajstić information content (AvgIpc) is 2.62. The average molecular weight is 333 g/mol. The number of hydrogen-bond donors (Lipinski definition) is 0. The summed E-state index contributed by atoms with van der Waals surface area (Å²) >= 11 is 0. The van der Waals surface area contributed by atoms with Crippen molar-refractivity contribution < 1.29 is 0 Å². The van der Waals surface area contributed by atoms with Crippen LogP contribution in [0.1, 0.15) is 66.0 Å². The SMILES string of the molecule is Cc1ccc(C=Cc2ccc(CC3CCC(C)CC3)cc2)c(C)c1C. The first-order chi connectivity index (χ1) is 12.0. The molecule has 0 heterocycles. The Morgan fingerprint density at radius 3 is 2.16 bits per heavy atom. The highest BCUT2D eigenvalue weighted by atomic mass is 14.2. The zero-order valence-electron chi connectivity index (χ0n) is 16.3. The van der Waals surface area contributed by atoms with Gasteiger partial charge in [-0.2, -0.15) is 0 Å². The Labute approximate surface area is 154 Å². The van der Waals surface area contributed by atoms with Crippen LogP contribution in [0.5, 0.6) is 0 Å². The van der Waals surface area contributed by atoms with Crippen molar-refractivity contribution in [2.24, 2.45) is 11.8 Å². The van der Waals surface area contributed by atoms with E-state index in [0.717, 1.165) is 11.8 Å². The monoisotopic (exact) mass is 332 g/mol. The lowest BCUT2D eigenvalue weighted by molar-refractivity contribution is 0.289. The molecule has 25 heavy (non-hydrogen) atoms. The van der Waals surface area contributed by atoms with Crippen molar-refractivity contribution in [2.75, 3.05) is 0 Å². The molecule has 0 N–H and O–H groups in total. The van der Waals surface area contributed by atoms with Crippen LogP contribution in [-0.2, 0) is 6.42 Å². The second kappa shape index (κ2) is 8.04. The van der Waals surface area contributed by atoms with Gasteiger partial charge < -0.3 is 0 Å². The summed E-state index contributed by atoms with van der Waals surface area (Å²) in [5.41, 5.74) is 8.27. The third kappa shape index (κ3) is 4.63. The van der Waals surface area contributed by atoms with Crippen LogP contribution in [-0.4, -0.2) is 0 Å². The molecule has 0 saturated heterocycles. The van der Waals surface area contributed by atoms with Crippen molar-refractivity contribution in [1.29, 1.82) is 0 Å². The third-order valence-corrected chi connectivity index (χ3v) is 6.19. The van der Waals surface area contributed by atoms with E-state index in [1.165, 1.54) is 65.5 Å². The van der Waals surface area contributed by atoms with E-state index in [9.17, 15) is 0 Å². The van der Waals surface area contributed by atoms with E-state index in [2.05, 4.69) is 76.2 Å². The van der Waals surface area contributed by atoms with Crippen LogP contribution >= 0.6 is 0 Å². The van der Waals surface area contributed by atoms with Crippen molar-refractivity contribution in [3.63, 3.8) is 0 Å². The predicted octanol–water partition coefficient (Wildman–Crippen LogP) is 7.15. The molecule has 0 aromatic heterocycles. The molecule has 0 nitrogen and oxygen atoms in total. The number of benzene rings is 2. The molecule has 0 bridgehead atoms. The van der Waals surface area contributed by atoms with Crippen LogP contribution in [0.4, 0.5) is 0 Å². The van der Waals surface area contributed by atoms with Gasteiger partial charge in [-0.1, -0.05) is 68.3 Å². The van der Waals surface area contributed by atoms with Gasteiger partial charge in [0.25, 0.3) is 0 Å². The van der Waals surface area contributed by atoms with Crippen LogP contribution in [0.3, 0.4) is 0 Å². The molecule has 0 atom stereocenters. The maximum atomic E-state index is 2.40. The number of aryl methyl sites for hydroxylation is 1. The highest BCUT2D eigenvalue weighted by Gasteiger charge is 2.18. The summed E-state index contributed by atoms with van der Waals surface area (Å²) in [5.74, 6) is 1.84. The van der Waals surface area contributed by atoms with Gasteiger partial charge in [0.05, 0.1) is 0 Å². The molecule has 1 saturated carbocycles. The third-order valence-electron chi connectivity index (χ3n) is 6.19. The molecule has 0 unspecified atom stereocenters. The van der Waals surface area contributed by atoms with Gasteiger partial charge in [-0.05, 0) is 85.3 Å². The Balaban J connectivity index is 1.64. The first-order valence-electron chi connectivity index (χ1n) is 9.86. The van der Waals surface area contributed by atoms with Gasteiger partial charge in [-0.25, -0.2) is 0 Å². The van der Waals surface area contributed by atoms with Gasteiger partial charge in [-0.3, -0.25) is 0 Å². The maximum absolute atomic E-state index is 2.40. The van der Waals surface area contributed by atoms with Gasteiger partial charge in [-0.15, -0.1) is 0 Å². The lowest BCUT2D eigenvalue weighted by atomic mass is 9.80. The molecule has 2 aromatic carbocycles. The highest BCUT2D eigenvalue weighted by molar-refractivity contribution is 5.72. The number of rotatable bonds is 4. The summed E-state index contributed by atoms with van der Waals surface area (Å²) in [7, 11) is 0. The Morgan fingerprint density at radius 1 is 0.800 bits per heavy atom. The van der Waals surface area contributed by atoms with Crippen LogP contribution in [0.2, 0.25) is 0 Å². The largest absolute Gasteiger partial charge is 0.0625 e.